The van der Waals surface area contributed by atoms with Gasteiger partial charge in [0.15, 0.2) is 6.17 Å². The highest BCUT2D eigenvalue weighted by atomic mass is 19.1. The topological polar surface area (TPSA) is 29.1 Å². The second-order valence-electron chi connectivity index (χ2n) is 4.34. The predicted octanol–water partition coefficient (Wildman–Crippen LogP) is 2.24. The molecule has 1 saturated heterocycles. The molecule has 3 atom stereocenters. The summed E-state index contributed by atoms with van der Waals surface area (Å²) in [4.78, 5) is 11.3. The smallest absolute Gasteiger partial charge is 0.255 e. The predicted molar refractivity (Wildman–Crippen MR) is 56.3 cm³/mol. The van der Waals surface area contributed by atoms with Crippen molar-refractivity contribution < 1.29 is 18.0 Å². The molecule has 5 heteroatoms. The van der Waals surface area contributed by atoms with Crippen molar-refractivity contribution >= 4 is 5.91 Å². The maximum atomic E-state index is 13.9. The van der Waals surface area contributed by atoms with E-state index in [1.165, 1.54) is 25.1 Å². The SMILES string of the molecule is C[C@]1(c2ccccc2F)NC(=O)C(F)C[C@H]1F. The molecule has 0 spiro atoms. The van der Waals surface area contributed by atoms with E-state index in [2.05, 4.69) is 5.32 Å². The fourth-order valence-corrected chi connectivity index (χ4v) is 2.06. The van der Waals surface area contributed by atoms with Crippen LogP contribution in [0.2, 0.25) is 0 Å². The van der Waals surface area contributed by atoms with Crippen LogP contribution in [0.25, 0.3) is 0 Å². The Balaban J connectivity index is 2.42. The van der Waals surface area contributed by atoms with Gasteiger partial charge in [0, 0.05) is 12.0 Å². The minimum absolute atomic E-state index is 0.0350. The maximum absolute atomic E-state index is 13.9. The first kappa shape index (κ1) is 12.0. The summed E-state index contributed by atoms with van der Waals surface area (Å²) in [5, 5.41) is 2.22. The number of piperidine rings is 1. The van der Waals surface area contributed by atoms with Gasteiger partial charge in [-0.1, -0.05) is 18.2 Å². The molecule has 17 heavy (non-hydrogen) atoms. The quantitative estimate of drug-likeness (QED) is 0.805. The molecular formula is C12H12F3NO. The number of benzene rings is 1. The van der Waals surface area contributed by atoms with Gasteiger partial charge in [0.2, 0.25) is 0 Å². The van der Waals surface area contributed by atoms with Crippen LogP contribution in [-0.2, 0) is 10.3 Å². The number of amides is 1. The third kappa shape index (κ3) is 1.90. The number of halogens is 3. The lowest BCUT2D eigenvalue weighted by Gasteiger charge is -2.39. The lowest BCUT2D eigenvalue weighted by atomic mass is 9.81. The van der Waals surface area contributed by atoms with Crippen molar-refractivity contribution in [3.8, 4) is 0 Å². The summed E-state index contributed by atoms with van der Waals surface area (Å²) in [5.74, 6) is -1.51. The minimum atomic E-state index is -1.87. The van der Waals surface area contributed by atoms with Gasteiger partial charge in [0.05, 0.1) is 5.54 Å². The Kier molecular flexibility index (Phi) is 2.85. The number of carbonyl (C=O) groups excluding carboxylic acids is 1. The van der Waals surface area contributed by atoms with Crippen LogP contribution in [0, 0.1) is 5.82 Å². The van der Waals surface area contributed by atoms with Crippen LogP contribution >= 0.6 is 0 Å². The highest BCUT2D eigenvalue weighted by molar-refractivity contribution is 5.82. The summed E-state index contributed by atoms with van der Waals surface area (Å²) in [7, 11) is 0. The van der Waals surface area contributed by atoms with Crippen molar-refractivity contribution in [2.24, 2.45) is 0 Å². The summed E-state index contributed by atoms with van der Waals surface area (Å²) in [6.07, 6.45) is -4.08. The first-order valence-electron chi connectivity index (χ1n) is 5.30. The van der Waals surface area contributed by atoms with Crippen molar-refractivity contribution in [2.75, 3.05) is 0 Å². The van der Waals surface area contributed by atoms with E-state index in [4.69, 9.17) is 0 Å². The molecule has 0 radical (unpaired) electrons. The van der Waals surface area contributed by atoms with Crippen molar-refractivity contribution in [3.63, 3.8) is 0 Å². The maximum Gasteiger partial charge on any atom is 0.255 e. The van der Waals surface area contributed by atoms with Crippen molar-refractivity contribution in [1.29, 1.82) is 0 Å². The largest absolute Gasteiger partial charge is 0.341 e. The molecule has 1 amide bonds. The Hall–Kier alpha value is -1.52. The van der Waals surface area contributed by atoms with E-state index in [0.717, 1.165) is 0 Å². The van der Waals surface area contributed by atoms with Crippen molar-refractivity contribution in [2.45, 2.75) is 31.2 Å². The van der Waals surface area contributed by atoms with E-state index in [1.54, 1.807) is 6.07 Å². The third-order valence-corrected chi connectivity index (χ3v) is 3.14. The molecule has 1 unspecified atom stereocenters. The summed E-state index contributed by atoms with van der Waals surface area (Å²) >= 11 is 0. The summed E-state index contributed by atoms with van der Waals surface area (Å²) in [6.45, 7) is 1.36. The van der Waals surface area contributed by atoms with Gasteiger partial charge >= 0.3 is 0 Å². The van der Waals surface area contributed by atoms with Crippen LogP contribution in [0.3, 0.4) is 0 Å². The van der Waals surface area contributed by atoms with Gasteiger partial charge < -0.3 is 5.32 Å². The Labute approximate surface area is 96.8 Å². The third-order valence-electron chi connectivity index (χ3n) is 3.14. The fourth-order valence-electron chi connectivity index (χ4n) is 2.06. The second-order valence-corrected chi connectivity index (χ2v) is 4.34. The highest BCUT2D eigenvalue weighted by Gasteiger charge is 2.46. The molecule has 1 heterocycles. The molecule has 1 N–H and O–H groups in total. The number of nitrogens with one attached hydrogen (secondary N) is 1. The van der Waals surface area contributed by atoms with Gasteiger partial charge in [-0.25, -0.2) is 13.2 Å². The number of alkyl halides is 2. The number of hydrogen-bond acceptors (Lipinski definition) is 1. The molecule has 92 valence electrons. The van der Waals surface area contributed by atoms with Crippen molar-refractivity contribution in [3.05, 3.63) is 35.6 Å². The van der Waals surface area contributed by atoms with Crippen LogP contribution in [0.5, 0.6) is 0 Å². The van der Waals surface area contributed by atoms with Gasteiger partial charge in [-0.3, -0.25) is 4.79 Å². The first-order valence-corrected chi connectivity index (χ1v) is 5.30. The first-order chi connectivity index (χ1) is 7.95. The highest BCUT2D eigenvalue weighted by Crippen LogP contribution is 2.35. The van der Waals surface area contributed by atoms with E-state index in [0.29, 0.717) is 0 Å². The van der Waals surface area contributed by atoms with Crippen LogP contribution < -0.4 is 5.32 Å². The number of rotatable bonds is 1. The van der Waals surface area contributed by atoms with Crippen LogP contribution in [0.4, 0.5) is 13.2 Å². The Morgan fingerprint density at radius 3 is 2.65 bits per heavy atom. The average molecular weight is 243 g/mol. The molecular weight excluding hydrogens is 231 g/mol. The molecule has 0 bridgehead atoms. The summed E-state index contributed by atoms with van der Waals surface area (Å²) < 4.78 is 40.5. The van der Waals surface area contributed by atoms with Gasteiger partial charge in [-0.2, -0.15) is 0 Å². The zero-order chi connectivity index (χ0) is 12.6. The molecule has 0 aromatic heterocycles. The van der Waals surface area contributed by atoms with Gasteiger partial charge in [-0.15, -0.1) is 0 Å². The minimum Gasteiger partial charge on any atom is -0.341 e. The molecule has 2 rings (SSSR count). The zero-order valence-electron chi connectivity index (χ0n) is 9.21. The summed E-state index contributed by atoms with van der Waals surface area (Å²) in [6, 6.07) is 5.59. The normalized spacial score (nSPS) is 33.3. The van der Waals surface area contributed by atoms with E-state index in [-0.39, 0.29) is 5.56 Å². The second kappa shape index (κ2) is 4.05. The van der Waals surface area contributed by atoms with Crippen molar-refractivity contribution in [1.82, 2.24) is 5.32 Å². The van der Waals surface area contributed by atoms with Crippen LogP contribution in [0.15, 0.2) is 24.3 Å². The van der Waals surface area contributed by atoms with E-state index in [9.17, 15) is 18.0 Å². The molecule has 0 saturated carbocycles. The van der Waals surface area contributed by atoms with Gasteiger partial charge in [0.1, 0.15) is 12.0 Å². The molecule has 1 aromatic carbocycles. The van der Waals surface area contributed by atoms with E-state index >= 15 is 0 Å². The molecule has 2 nitrogen and oxygen atoms in total. The lowest BCUT2D eigenvalue weighted by molar-refractivity contribution is -0.134. The summed E-state index contributed by atoms with van der Waals surface area (Å²) in [5.41, 5.74) is -1.47. The molecule has 1 aromatic rings. The van der Waals surface area contributed by atoms with Gasteiger partial charge in [0.25, 0.3) is 5.91 Å². The molecule has 1 aliphatic rings. The monoisotopic (exact) mass is 243 g/mol. The Morgan fingerprint density at radius 1 is 1.35 bits per heavy atom. The Bertz CT molecular complexity index is 451. The average Bonchev–Trinajstić information content (AvgIpc) is 2.27. The van der Waals surface area contributed by atoms with E-state index < -0.39 is 36.0 Å². The standard InChI is InChI=1S/C12H12F3NO/c1-12(7-4-2-3-5-8(7)13)10(15)6-9(14)11(17)16-12/h2-5,9-10H,6H2,1H3,(H,16,17)/t9?,10-,12-/m1/s1. The molecule has 0 aliphatic carbocycles. The lowest BCUT2D eigenvalue weighted by Crippen LogP contribution is -2.58. The fraction of sp³-hybridized carbons (Fsp3) is 0.417. The van der Waals surface area contributed by atoms with Crippen LogP contribution in [0.1, 0.15) is 18.9 Å². The van der Waals surface area contributed by atoms with Gasteiger partial charge in [-0.05, 0) is 13.0 Å². The Morgan fingerprint density at radius 2 is 2.00 bits per heavy atom. The van der Waals surface area contributed by atoms with Crippen LogP contribution in [-0.4, -0.2) is 18.3 Å². The molecule has 1 aliphatic heterocycles. The van der Waals surface area contributed by atoms with E-state index in [1.807, 2.05) is 0 Å². The number of carbonyl (C=O) groups is 1. The number of hydrogen-bond donors (Lipinski definition) is 1. The zero-order valence-corrected chi connectivity index (χ0v) is 9.21. The molecule has 1 fully saturated rings.